The fraction of sp³-hybridized carbons (Fsp3) is 0. The highest BCUT2D eigenvalue weighted by Crippen LogP contribution is 2.21. The number of Topliss-reactive ketones (excluding diaryl/α,β-unsaturated/α-hetero) is 1. The Morgan fingerprint density at radius 1 is 1.22 bits per heavy atom. The molecule has 2 aromatic rings. The lowest BCUT2D eigenvalue weighted by Gasteiger charge is -2.04. The summed E-state index contributed by atoms with van der Waals surface area (Å²) >= 11 is 0. The van der Waals surface area contributed by atoms with Crippen LogP contribution in [0.2, 0.25) is 0 Å². The van der Waals surface area contributed by atoms with Gasteiger partial charge in [-0.1, -0.05) is 6.07 Å². The fourth-order valence-corrected chi connectivity index (χ4v) is 1.76. The molecule has 0 amide bonds. The maximum Gasteiger partial charge on any atom is 0.227 e. The van der Waals surface area contributed by atoms with Crippen LogP contribution in [0.4, 0.5) is 0 Å². The molecule has 0 spiro atoms. The zero-order valence-electron chi connectivity index (χ0n) is 9.18. The van der Waals surface area contributed by atoms with Crippen molar-refractivity contribution in [1.82, 2.24) is 15.0 Å². The molecule has 2 heterocycles. The number of fused-ring (bicyclic) bond motifs is 1. The van der Waals surface area contributed by atoms with Gasteiger partial charge in [-0.25, -0.2) is 4.98 Å². The Hall–Kier alpha value is -2.76. The molecule has 3 N–H and O–H groups in total. The summed E-state index contributed by atoms with van der Waals surface area (Å²) in [6, 6.07) is 5.29. The molecule has 0 aromatic carbocycles. The first-order chi connectivity index (χ1) is 8.66. The van der Waals surface area contributed by atoms with Gasteiger partial charge in [-0.2, -0.15) is 0 Å². The van der Waals surface area contributed by atoms with Crippen molar-refractivity contribution in [1.29, 1.82) is 0 Å². The minimum absolute atomic E-state index is 0.0799. The Morgan fingerprint density at radius 3 is 2.78 bits per heavy atom. The number of aromatic amines is 1. The first-order valence-corrected chi connectivity index (χ1v) is 5.24. The van der Waals surface area contributed by atoms with Gasteiger partial charge >= 0.3 is 0 Å². The quantitative estimate of drug-likeness (QED) is 0.763. The zero-order chi connectivity index (χ0) is 12.7. The zero-order valence-corrected chi connectivity index (χ0v) is 9.18. The van der Waals surface area contributed by atoms with Crippen LogP contribution in [0.5, 0.6) is 0 Å². The Kier molecular flexibility index (Phi) is 2.09. The number of carbonyl (C=O) groups is 2. The second kappa shape index (κ2) is 3.63. The largest absolute Gasteiger partial charge is 0.395 e. The van der Waals surface area contributed by atoms with Crippen molar-refractivity contribution >= 4 is 11.6 Å². The van der Waals surface area contributed by atoms with Gasteiger partial charge in [0.15, 0.2) is 5.82 Å². The van der Waals surface area contributed by atoms with E-state index < -0.39 is 5.78 Å². The summed E-state index contributed by atoms with van der Waals surface area (Å²) < 4.78 is 0. The number of hydrogen-bond donors (Lipinski definition) is 2. The molecule has 0 fully saturated rings. The molecule has 2 aromatic heterocycles. The molecule has 0 atom stereocenters. The van der Waals surface area contributed by atoms with Crippen LogP contribution in [0.15, 0.2) is 36.2 Å². The van der Waals surface area contributed by atoms with Gasteiger partial charge in [-0.05, 0) is 12.1 Å². The second-order valence-electron chi connectivity index (χ2n) is 3.82. The van der Waals surface area contributed by atoms with Crippen molar-refractivity contribution in [2.75, 3.05) is 0 Å². The van der Waals surface area contributed by atoms with Crippen LogP contribution in [0, 0.1) is 0 Å². The van der Waals surface area contributed by atoms with Gasteiger partial charge in [0.05, 0.1) is 5.70 Å². The van der Waals surface area contributed by atoms with Gasteiger partial charge in [0.1, 0.15) is 17.1 Å². The minimum atomic E-state index is -0.417. The number of rotatable bonds is 1. The van der Waals surface area contributed by atoms with E-state index in [2.05, 4.69) is 15.0 Å². The average Bonchev–Trinajstić information content (AvgIpc) is 2.83. The number of ketones is 2. The van der Waals surface area contributed by atoms with Gasteiger partial charge in [0.25, 0.3) is 0 Å². The first kappa shape index (κ1) is 10.4. The molecule has 3 rings (SSSR count). The van der Waals surface area contributed by atoms with Crippen LogP contribution in [0.25, 0.3) is 11.5 Å². The van der Waals surface area contributed by atoms with E-state index in [-0.39, 0.29) is 22.9 Å². The molecule has 6 heteroatoms. The van der Waals surface area contributed by atoms with Crippen molar-refractivity contribution in [2.45, 2.75) is 0 Å². The van der Waals surface area contributed by atoms with Crippen LogP contribution in [0.1, 0.15) is 21.0 Å². The SMILES string of the molecule is NC1=CC(=O)c2nc(-c3ccccn3)[nH]c2C1=O. The minimum Gasteiger partial charge on any atom is -0.395 e. The van der Waals surface area contributed by atoms with Gasteiger partial charge in [-0.15, -0.1) is 0 Å². The summed E-state index contributed by atoms with van der Waals surface area (Å²) in [4.78, 5) is 34.4. The number of carbonyl (C=O) groups excluding carboxylic acids is 2. The van der Waals surface area contributed by atoms with E-state index in [1.165, 1.54) is 0 Å². The Morgan fingerprint density at radius 2 is 2.06 bits per heavy atom. The number of allylic oxidation sites excluding steroid dienone is 2. The Balaban J connectivity index is 2.15. The third kappa shape index (κ3) is 1.43. The lowest BCUT2D eigenvalue weighted by molar-refractivity contribution is 0.0978. The molecular weight excluding hydrogens is 232 g/mol. The highest BCUT2D eigenvalue weighted by Gasteiger charge is 2.28. The molecule has 0 saturated carbocycles. The van der Waals surface area contributed by atoms with E-state index in [4.69, 9.17) is 5.73 Å². The molecule has 88 valence electrons. The summed E-state index contributed by atoms with van der Waals surface area (Å²) in [5.74, 6) is -0.412. The van der Waals surface area contributed by atoms with E-state index in [0.717, 1.165) is 6.08 Å². The summed E-state index contributed by atoms with van der Waals surface area (Å²) in [6.07, 6.45) is 2.70. The normalized spacial score (nSPS) is 14.3. The van der Waals surface area contributed by atoms with Crippen LogP contribution in [-0.4, -0.2) is 26.5 Å². The van der Waals surface area contributed by atoms with Crippen molar-refractivity contribution in [3.63, 3.8) is 0 Å². The summed E-state index contributed by atoms with van der Waals surface area (Å²) in [5.41, 5.74) is 6.16. The van der Waals surface area contributed by atoms with Crippen LogP contribution >= 0.6 is 0 Å². The average molecular weight is 240 g/mol. The van der Waals surface area contributed by atoms with Crippen LogP contribution < -0.4 is 5.73 Å². The van der Waals surface area contributed by atoms with Gasteiger partial charge in [0, 0.05) is 12.3 Å². The maximum atomic E-state index is 11.8. The molecule has 18 heavy (non-hydrogen) atoms. The summed E-state index contributed by atoms with van der Waals surface area (Å²) in [6.45, 7) is 0. The van der Waals surface area contributed by atoms with Gasteiger partial charge in [-0.3, -0.25) is 14.6 Å². The number of H-pyrrole nitrogens is 1. The predicted molar refractivity (Wildman–Crippen MR) is 62.8 cm³/mol. The molecule has 1 aliphatic rings. The highest BCUT2D eigenvalue weighted by molar-refractivity contribution is 6.22. The second-order valence-corrected chi connectivity index (χ2v) is 3.82. The summed E-state index contributed by atoms with van der Waals surface area (Å²) in [5, 5.41) is 0. The smallest absolute Gasteiger partial charge is 0.227 e. The maximum absolute atomic E-state index is 11.8. The van der Waals surface area contributed by atoms with Crippen molar-refractivity contribution in [3.05, 3.63) is 47.6 Å². The topological polar surface area (TPSA) is 102 Å². The third-order valence-corrected chi connectivity index (χ3v) is 2.62. The van der Waals surface area contributed by atoms with Crippen LogP contribution in [0.3, 0.4) is 0 Å². The number of nitrogens with zero attached hydrogens (tertiary/aromatic N) is 2. The number of imidazole rings is 1. The van der Waals surface area contributed by atoms with Crippen molar-refractivity contribution < 1.29 is 9.59 Å². The van der Waals surface area contributed by atoms with E-state index in [0.29, 0.717) is 11.5 Å². The number of hydrogen-bond acceptors (Lipinski definition) is 5. The fourth-order valence-electron chi connectivity index (χ4n) is 1.76. The first-order valence-electron chi connectivity index (χ1n) is 5.24. The van der Waals surface area contributed by atoms with Crippen LogP contribution in [-0.2, 0) is 0 Å². The third-order valence-electron chi connectivity index (χ3n) is 2.62. The van der Waals surface area contributed by atoms with E-state index in [1.54, 1.807) is 24.4 Å². The van der Waals surface area contributed by atoms with Crippen molar-refractivity contribution in [2.24, 2.45) is 5.73 Å². The Labute approximate surface area is 102 Å². The monoisotopic (exact) mass is 240 g/mol. The predicted octanol–water partition coefficient (Wildman–Crippen LogP) is 0.693. The summed E-state index contributed by atoms with van der Waals surface area (Å²) in [7, 11) is 0. The number of nitrogens with two attached hydrogens (primary N) is 1. The van der Waals surface area contributed by atoms with E-state index >= 15 is 0 Å². The number of nitrogens with one attached hydrogen (secondary N) is 1. The molecule has 0 bridgehead atoms. The highest BCUT2D eigenvalue weighted by atomic mass is 16.1. The standard InChI is InChI=1S/C12H8N4O2/c13-6-5-8(17)9-10(11(6)18)16-12(15-9)7-3-1-2-4-14-7/h1-5H,13H2,(H,15,16). The van der Waals surface area contributed by atoms with Crippen molar-refractivity contribution in [3.8, 4) is 11.5 Å². The number of pyridine rings is 1. The molecule has 1 aliphatic carbocycles. The molecular formula is C12H8N4O2. The van der Waals surface area contributed by atoms with E-state index in [1.807, 2.05) is 0 Å². The Bertz CT molecular complexity index is 685. The van der Waals surface area contributed by atoms with Gasteiger partial charge < -0.3 is 10.7 Å². The van der Waals surface area contributed by atoms with Gasteiger partial charge in [0.2, 0.25) is 11.6 Å². The molecule has 0 saturated heterocycles. The lowest BCUT2D eigenvalue weighted by atomic mass is 10.0. The lowest BCUT2D eigenvalue weighted by Crippen LogP contribution is -2.21. The molecule has 6 nitrogen and oxygen atoms in total. The molecule has 0 aliphatic heterocycles. The van der Waals surface area contributed by atoms with E-state index in [9.17, 15) is 9.59 Å². The molecule has 0 unspecified atom stereocenters. The number of aromatic nitrogens is 3. The molecule has 0 radical (unpaired) electrons.